The molecule has 0 aliphatic heterocycles. The van der Waals surface area contributed by atoms with Crippen LogP contribution in [0.2, 0.25) is 0 Å². The lowest BCUT2D eigenvalue weighted by Crippen LogP contribution is -2.44. The SMILES string of the molecule is C[C@H](CN(C)C)NC(=O)NCc1ccccc1. The summed E-state index contributed by atoms with van der Waals surface area (Å²) >= 11 is 0. The van der Waals surface area contributed by atoms with Crippen LogP contribution in [0.1, 0.15) is 12.5 Å². The van der Waals surface area contributed by atoms with Crippen LogP contribution >= 0.6 is 0 Å². The Kier molecular flexibility index (Phi) is 5.49. The maximum absolute atomic E-state index is 11.6. The number of carbonyl (C=O) groups excluding carboxylic acids is 1. The van der Waals surface area contributed by atoms with Crippen molar-refractivity contribution < 1.29 is 4.79 Å². The summed E-state index contributed by atoms with van der Waals surface area (Å²) < 4.78 is 0. The van der Waals surface area contributed by atoms with Gasteiger partial charge in [0.1, 0.15) is 0 Å². The van der Waals surface area contributed by atoms with E-state index in [1.165, 1.54) is 0 Å². The maximum atomic E-state index is 11.6. The normalized spacial score (nSPS) is 12.2. The van der Waals surface area contributed by atoms with Crippen molar-refractivity contribution in [3.63, 3.8) is 0 Å². The van der Waals surface area contributed by atoms with E-state index in [0.29, 0.717) is 6.54 Å². The quantitative estimate of drug-likeness (QED) is 0.811. The first-order chi connectivity index (χ1) is 8.08. The van der Waals surface area contributed by atoms with Crippen molar-refractivity contribution in [3.05, 3.63) is 35.9 Å². The second-order valence-corrected chi connectivity index (χ2v) is 4.48. The highest BCUT2D eigenvalue weighted by Crippen LogP contribution is 1.96. The molecule has 0 saturated carbocycles. The Bertz CT molecular complexity index is 338. The van der Waals surface area contributed by atoms with Crippen LogP contribution in [0.25, 0.3) is 0 Å². The van der Waals surface area contributed by atoms with Crippen molar-refractivity contribution in [3.8, 4) is 0 Å². The number of amides is 2. The Morgan fingerprint density at radius 1 is 1.29 bits per heavy atom. The van der Waals surface area contributed by atoms with Gasteiger partial charge in [-0.3, -0.25) is 0 Å². The summed E-state index contributed by atoms with van der Waals surface area (Å²) in [5.74, 6) is 0. The van der Waals surface area contributed by atoms with Crippen LogP contribution in [0.5, 0.6) is 0 Å². The molecule has 1 aromatic carbocycles. The minimum absolute atomic E-state index is 0.122. The molecule has 1 aromatic rings. The Balaban J connectivity index is 2.26. The van der Waals surface area contributed by atoms with E-state index in [1.54, 1.807) is 0 Å². The molecule has 2 amide bonds. The number of likely N-dealkylation sites (N-methyl/N-ethyl adjacent to an activating group) is 1. The van der Waals surface area contributed by atoms with Gasteiger partial charge in [0.25, 0.3) is 0 Å². The topological polar surface area (TPSA) is 44.4 Å². The van der Waals surface area contributed by atoms with Crippen molar-refractivity contribution in [2.45, 2.75) is 19.5 Å². The average Bonchev–Trinajstić information content (AvgIpc) is 2.26. The minimum atomic E-state index is -0.122. The Hall–Kier alpha value is -1.55. The van der Waals surface area contributed by atoms with Gasteiger partial charge in [0, 0.05) is 19.1 Å². The van der Waals surface area contributed by atoms with Gasteiger partial charge in [-0.2, -0.15) is 0 Å². The average molecular weight is 235 g/mol. The zero-order valence-corrected chi connectivity index (χ0v) is 10.7. The standard InChI is InChI=1S/C13H21N3O/c1-11(10-16(2)3)15-13(17)14-9-12-7-5-4-6-8-12/h4-8,11H,9-10H2,1-3H3,(H2,14,15,17)/t11-/m1/s1. The molecule has 17 heavy (non-hydrogen) atoms. The van der Waals surface area contributed by atoms with Crippen LogP contribution in [-0.2, 0) is 6.54 Å². The summed E-state index contributed by atoms with van der Waals surface area (Å²) in [7, 11) is 3.97. The summed E-state index contributed by atoms with van der Waals surface area (Å²) in [6, 6.07) is 9.88. The van der Waals surface area contributed by atoms with E-state index in [9.17, 15) is 4.79 Å². The minimum Gasteiger partial charge on any atom is -0.334 e. The molecule has 0 heterocycles. The van der Waals surface area contributed by atoms with E-state index < -0.39 is 0 Å². The lowest BCUT2D eigenvalue weighted by atomic mass is 10.2. The molecule has 0 radical (unpaired) electrons. The van der Waals surface area contributed by atoms with Crippen LogP contribution in [0.3, 0.4) is 0 Å². The fourth-order valence-corrected chi connectivity index (χ4v) is 1.65. The third-order valence-electron chi connectivity index (χ3n) is 2.31. The van der Waals surface area contributed by atoms with Crippen molar-refractivity contribution >= 4 is 6.03 Å². The van der Waals surface area contributed by atoms with Gasteiger partial charge in [-0.05, 0) is 26.6 Å². The maximum Gasteiger partial charge on any atom is 0.315 e. The summed E-state index contributed by atoms with van der Waals surface area (Å²) in [6.45, 7) is 3.38. The van der Waals surface area contributed by atoms with Gasteiger partial charge in [-0.15, -0.1) is 0 Å². The van der Waals surface area contributed by atoms with Gasteiger partial charge in [0.2, 0.25) is 0 Å². The lowest BCUT2D eigenvalue weighted by molar-refractivity contribution is 0.234. The first-order valence-electron chi connectivity index (χ1n) is 5.81. The molecule has 1 atom stereocenters. The molecule has 0 fully saturated rings. The highest BCUT2D eigenvalue weighted by atomic mass is 16.2. The van der Waals surface area contributed by atoms with Crippen molar-refractivity contribution in [2.75, 3.05) is 20.6 Å². The van der Waals surface area contributed by atoms with E-state index in [1.807, 2.05) is 56.3 Å². The predicted octanol–water partition coefficient (Wildman–Crippen LogP) is 1.44. The molecule has 4 nitrogen and oxygen atoms in total. The molecule has 0 bridgehead atoms. The molecule has 0 unspecified atom stereocenters. The summed E-state index contributed by atoms with van der Waals surface area (Å²) in [4.78, 5) is 13.6. The number of carbonyl (C=O) groups is 1. The molecular formula is C13H21N3O. The molecule has 0 aliphatic rings. The van der Waals surface area contributed by atoms with E-state index in [0.717, 1.165) is 12.1 Å². The van der Waals surface area contributed by atoms with E-state index in [4.69, 9.17) is 0 Å². The van der Waals surface area contributed by atoms with Crippen LogP contribution in [0.4, 0.5) is 4.79 Å². The predicted molar refractivity (Wildman–Crippen MR) is 69.8 cm³/mol. The summed E-state index contributed by atoms with van der Waals surface area (Å²) in [5.41, 5.74) is 1.10. The van der Waals surface area contributed by atoms with Crippen LogP contribution < -0.4 is 10.6 Å². The van der Waals surface area contributed by atoms with Crippen LogP contribution in [-0.4, -0.2) is 37.6 Å². The monoisotopic (exact) mass is 235 g/mol. The number of nitrogens with one attached hydrogen (secondary N) is 2. The molecular weight excluding hydrogens is 214 g/mol. The first-order valence-corrected chi connectivity index (χ1v) is 5.81. The van der Waals surface area contributed by atoms with Gasteiger partial charge in [-0.25, -0.2) is 4.79 Å². The van der Waals surface area contributed by atoms with E-state index in [-0.39, 0.29) is 12.1 Å². The van der Waals surface area contributed by atoms with Gasteiger partial charge < -0.3 is 15.5 Å². The molecule has 4 heteroatoms. The molecule has 0 aromatic heterocycles. The van der Waals surface area contributed by atoms with E-state index >= 15 is 0 Å². The summed E-state index contributed by atoms with van der Waals surface area (Å²) in [5, 5.41) is 5.72. The Labute approximate surface area is 103 Å². The second-order valence-electron chi connectivity index (χ2n) is 4.48. The van der Waals surface area contributed by atoms with Gasteiger partial charge in [0.15, 0.2) is 0 Å². The first kappa shape index (κ1) is 13.5. The third-order valence-corrected chi connectivity index (χ3v) is 2.31. The molecule has 0 aliphatic carbocycles. The van der Waals surface area contributed by atoms with Crippen LogP contribution in [0.15, 0.2) is 30.3 Å². The third kappa shape index (κ3) is 5.92. The van der Waals surface area contributed by atoms with E-state index in [2.05, 4.69) is 10.6 Å². The zero-order valence-electron chi connectivity index (χ0n) is 10.7. The number of hydrogen-bond acceptors (Lipinski definition) is 2. The highest BCUT2D eigenvalue weighted by Gasteiger charge is 2.07. The van der Waals surface area contributed by atoms with Crippen molar-refractivity contribution in [2.24, 2.45) is 0 Å². The highest BCUT2D eigenvalue weighted by molar-refractivity contribution is 5.74. The Morgan fingerprint density at radius 3 is 2.53 bits per heavy atom. The summed E-state index contributed by atoms with van der Waals surface area (Å²) in [6.07, 6.45) is 0. The molecule has 2 N–H and O–H groups in total. The zero-order chi connectivity index (χ0) is 12.7. The fourth-order valence-electron chi connectivity index (χ4n) is 1.65. The molecule has 1 rings (SSSR count). The Morgan fingerprint density at radius 2 is 1.94 bits per heavy atom. The number of urea groups is 1. The number of nitrogens with zero attached hydrogens (tertiary/aromatic N) is 1. The second kappa shape index (κ2) is 6.91. The molecule has 94 valence electrons. The molecule has 0 spiro atoms. The number of benzene rings is 1. The van der Waals surface area contributed by atoms with Crippen molar-refractivity contribution in [1.29, 1.82) is 0 Å². The lowest BCUT2D eigenvalue weighted by Gasteiger charge is -2.18. The van der Waals surface area contributed by atoms with Crippen molar-refractivity contribution in [1.82, 2.24) is 15.5 Å². The van der Waals surface area contributed by atoms with Crippen LogP contribution in [0, 0.1) is 0 Å². The number of hydrogen-bond donors (Lipinski definition) is 2. The smallest absolute Gasteiger partial charge is 0.315 e. The van der Waals surface area contributed by atoms with Gasteiger partial charge in [0.05, 0.1) is 0 Å². The fraction of sp³-hybridized carbons (Fsp3) is 0.462. The van der Waals surface area contributed by atoms with Gasteiger partial charge >= 0.3 is 6.03 Å². The largest absolute Gasteiger partial charge is 0.334 e. The molecule has 0 saturated heterocycles. The van der Waals surface area contributed by atoms with Gasteiger partial charge in [-0.1, -0.05) is 30.3 Å². The number of rotatable bonds is 5.